The van der Waals surface area contributed by atoms with Crippen LogP contribution in [-0.4, -0.2) is 5.91 Å². The summed E-state index contributed by atoms with van der Waals surface area (Å²) in [6.45, 7) is 1.89. The van der Waals surface area contributed by atoms with Crippen LogP contribution in [0, 0.1) is 6.92 Å². The number of hydrogen-bond donors (Lipinski definition) is 1. The minimum absolute atomic E-state index is 0.0829. The molecule has 0 fully saturated rings. The maximum absolute atomic E-state index is 12.7. The number of anilines is 1. The van der Waals surface area contributed by atoms with E-state index < -0.39 is 0 Å². The number of halogens is 1. The maximum Gasteiger partial charge on any atom is 0.248 e. The number of carbonyl (C=O) groups is 1. The summed E-state index contributed by atoms with van der Waals surface area (Å²) in [5, 5.41) is 4.46. The standard InChI is InChI=1S/C23H16ClNO3/c1-14-3-2-4-19-22(27)18-11-10-17(13-20(18)28-23(14)19)25-21(26)12-7-15-5-8-16(24)9-6-15/h2-13H,1H3,(H,25,26)/b12-7+. The lowest BCUT2D eigenvalue weighted by molar-refractivity contribution is -0.111. The van der Waals surface area contributed by atoms with E-state index in [1.165, 1.54) is 6.08 Å². The Morgan fingerprint density at radius 3 is 2.61 bits per heavy atom. The van der Waals surface area contributed by atoms with Crippen molar-refractivity contribution in [3.05, 3.63) is 93.1 Å². The van der Waals surface area contributed by atoms with Crippen molar-refractivity contribution in [2.75, 3.05) is 5.32 Å². The Kier molecular flexibility index (Phi) is 4.72. The summed E-state index contributed by atoms with van der Waals surface area (Å²) in [7, 11) is 0. The van der Waals surface area contributed by atoms with Crippen molar-refractivity contribution in [2.24, 2.45) is 0 Å². The second-order valence-electron chi connectivity index (χ2n) is 6.47. The van der Waals surface area contributed by atoms with Gasteiger partial charge in [0, 0.05) is 22.9 Å². The molecular formula is C23H16ClNO3. The van der Waals surface area contributed by atoms with Crippen LogP contribution in [0.1, 0.15) is 11.1 Å². The van der Waals surface area contributed by atoms with Gasteiger partial charge in [-0.15, -0.1) is 0 Å². The molecule has 0 radical (unpaired) electrons. The molecule has 1 amide bonds. The number of carbonyl (C=O) groups excluding carboxylic acids is 1. The Bertz CT molecular complexity index is 1290. The van der Waals surface area contributed by atoms with Crippen LogP contribution < -0.4 is 10.7 Å². The summed E-state index contributed by atoms with van der Waals surface area (Å²) in [5.74, 6) is -0.284. The quantitative estimate of drug-likeness (QED) is 0.368. The van der Waals surface area contributed by atoms with E-state index in [0.717, 1.165) is 11.1 Å². The number of amides is 1. The minimum atomic E-state index is -0.284. The average Bonchev–Trinajstić information content (AvgIpc) is 2.68. The van der Waals surface area contributed by atoms with Crippen LogP contribution in [0.2, 0.25) is 5.02 Å². The van der Waals surface area contributed by atoms with Crippen LogP contribution in [0.25, 0.3) is 28.0 Å². The van der Waals surface area contributed by atoms with E-state index in [1.807, 2.05) is 31.2 Å². The molecular weight excluding hydrogens is 374 g/mol. The van der Waals surface area contributed by atoms with Gasteiger partial charge in [-0.2, -0.15) is 0 Å². The minimum Gasteiger partial charge on any atom is -0.455 e. The highest BCUT2D eigenvalue weighted by Crippen LogP contribution is 2.23. The zero-order valence-corrected chi connectivity index (χ0v) is 15.8. The van der Waals surface area contributed by atoms with E-state index in [1.54, 1.807) is 42.5 Å². The molecule has 5 heteroatoms. The fourth-order valence-corrected chi connectivity index (χ4v) is 3.15. The molecule has 0 saturated heterocycles. The number of nitrogens with one attached hydrogen (secondary N) is 1. The molecule has 0 saturated carbocycles. The largest absolute Gasteiger partial charge is 0.455 e. The van der Waals surface area contributed by atoms with Crippen molar-refractivity contribution < 1.29 is 9.21 Å². The summed E-state index contributed by atoms with van der Waals surface area (Å²) >= 11 is 5.85. The third kappa shape index (κ3) is 3.55. The molecule has 0 aliphatic rings. The highest BCUT2D eigenvalue weighted by molar-refractivity contribution is 6.30. The second-order valence-corrected chi connectivity index (χ2v) is 6.90. The number of para-hydroxylation sites is 1. The molecule has 1 heterocycles. The van der Waals surface area contributed by atoms with Crippen LogP contribution >= 0.6 is 11.6 Å². The first kappa shape index (κ1) is 18.0. The summed E-state index contributed by atoms with van der Waals surface area (Å²) < 4.78 is 5.94. The van der Waals surface area contributed by atoms with Crippen molar-refractivity contribution in [2.45, 2.75) is 6.92 Å². The number of rotatable bonds is 3. The molecule has 0 unspecified atom stereocenters. The molecule has 138 valence electrons. The smallest absolute Gasteiger partial charge is 0.248 e. The van der Waals surface area contributed by atoms with E-state index in [-0.39, 0.29) is 11.3 Å². The molecule has 28 heavy (non-hydrogen) atoms. The fourth-order valence-electron chi connectivity index (χ4n) is 3.02. The Balaban J connectivity index is 1.63. The van der Waals surface area contributed by atoms with Crippen molar-refractivity contribution in [3.63, 3.8) is 0 Å². The molecule has 0 spiro atoms. The van der Waals surface area contributed by atoms with Gasteiger partial charge in [0.25, 0.3) is 0 Å². The van der Waals surface area contributed by atoms with Crippen LogP contribution in [0.5, 0.6) is 0 Å². The van der Waals surface area contributed by atoms with Gasteiger partial charge in [0.2, 0.25) is 11.3 Å². The number of benzene rings is 3. The zero-order chi connectivity index (χ0) is 19.7. The Morgan fingerprint density at radius 1 is 1.04 bits per heavy atom. The van der Waals surface area contributed by atoms with Crippen molar-refractivity contribution in [3.8, 4) is 0 Å². The van der Waals surface area contributed by atoms with Crippen molar-refractivity contribution in [1.82, 2.24) is 0 Å². The van der Waals surface area contributed by atoms with Crippen LogP contribution in [0.4, 0.5) is 5.69 Å². The van der Waals surface area contributed by atoms with Gasteiger partial charge < -0.3 is 9.73 Å². The molecule has 1 aromatic heterocycles. The Hall–Kier alpha value is -3.37. The van der Waals surface area contributed by atoms with Gasteiger partial charge in [0.05, 0.1) is 10.8 Å². The summed E-state index contributed by atoms with van der Waals surface area (Å²) in [4.78, 5) is 24.9. The number of fused-ring (bicyclic) bond motifs is 2. The van der Waals surface area contributed by atoms with Crippen LogP contribution in [0.3, 0.4) is 0 Å². The maximum atomic E-state index is 12.7. The first-order valence-corrected chi connectivity index (χ1v) is 9.10. The third-order valence-electron chi connectivity index (χ3n) is 4.46. The van der Waals surface area contributed by atoms with Gasteiger partial charge in [-0.25, -0.2) is 0 Å². The van der Waals surface area contributed by atoms with Gasteiger partial charge in [-0.3, -0.25) is 9.59 Å². The first-order chi connectivity index (χ1) is 13.5. The Morgan fingerprint density at radius 2 is 1.82 bits per heavy atom. The number of aryl methyl sites for hydroxylation is 1. The lowest BCUT2D eigenvalue weighted by Gasteiger charge is -2.06. The number of hydrogen-bond acceptors (Lipinski definition) is 3. The predicted octanol–water partition coefficient (Wildman–Crippen LogP) is 5.56. The summed E-state index contributed by atoms with van der Waals surface area (Å²) in [5.41, 5.74) is 3.22. The van der Waals surface area contributed by atoms with E-state index in [0.29, 0.717) is 32.6 Å². The average molecular weight is 390 g/mol. The zero-order valence-electron chi connectivity index (χ0n) is 15.0. The topological polar surface area (TPSA) is 59.3 Å². The van der Waals surface area contributed by atoms with Crippen LogP contribution in [-0.2, 0) is 4.79 Å². The van der Waals surface area contributed by atoms with Gasteiger partial charge in [0.15, 0.2) is 0 Å². The van der Waals surface area contributed by atoms with E-state index >= 15 is 0 Å². The molecule has 0 bridgehead atoms. The second kappa shape index (κ2) is 7.33. The monoisotopic (exact) mass is 389 g/mol. The predicted molar refractivity (Wildman–Crippen MR) is 114 cm³/mol. The van der Waals surface area contributed by atoms with Crippen molar-refractivity contribution >= 4 is 51.2 Å². The van der Waals surface area contributed by atoms with E-state index in [4.69, 9.17) is 16.0 Å². The molecule has 4 nitrogen and oxygen atoms in total. The van der Waals surface area contributed by atoms with Gasteiger partial charge >= 0.3 is 0 Å². The highest BCUT2D eigenvalue weighted by Gasteiger charge is 2.10. The normalized spacial score (nSPS) is 11.4. The molecule has 1 N–H and O–H groups in total. The molecule has 0 aliphatic heterocycles. The summed E-state index contributed by atoms with van der Waals surface area (Å²) in [6, 6.07) is 17.7. The first-order valence-electron chi connectivity index (χ1n) is 8.72. The van der Waals surface area contributed by atoms with Gasteiger partial charge in [-0.1, -0.05) is 35.9 Å². The lowest BCUT2D eigenvalue weighted by Crippen LogP contribution is -2.08. The van der Waals surface area contributed by atoms with Gasteiger partial charge in [-0.05, 0) is 54.5 Å². The fraction of sp³-hybridized carbons (Fsp3) is 0.0435. The Labute approximate surface area is 166 Å². The SMILES string of the molecule is Cc1cccc2c(=O)c3ccc(NC(=O)/C=C/c4ccc(Cl)cc4)cc3oc12. The van der Waals surface area contributed by atoms with Crippen molar-refractivity contribution in [1.29, 1.82) is 0 Å². The lowest BCUT2D eigenvalue weighted by atomic mass is 10.1. The molecule has 4 rings (SSSR count). The van der Waals surface area contributed by atoms with Gasteiger partial charge in [0.1, 0.15) is 11.2 Å². The molecule has 0 atom stereocenters. The highest BCUT2D eigenvalue weighted by atomic mass is 35.5. The molecule has 3 aromatic carbocycles. The van der Waals surface area contributed by atoms with E-state index in [9.17, 15) is 9.59 Å². The molecule has 0 aliphatic carbocycles. The van der Waals surface area contributed by atoms with E-state index in [2.05, 4.69) is 5.32 Å². The molecule has 4 aromatic rings. The third-order valence-corrected chi connectivity index (χ3v) is 4.71. The summed E-state index contributed by atoms with van der Waals surface area (Å²) in [6.07, 6.45) is 3.14. The van der Waals surface area contributed by atoms with Crippen LogP contribution in [0.15, 0.2) is 76.0 Å².